The van der Waals surface area contributed by atoms with Gasteiger partial charge in [0.25, 0.3) is 0 Å². The molecule has 2 aromatic heterocycles. The molecule has 0 unspecified atom stereocenters. The van der Waals surface area contributed by atoms with E-state index in [-0.39, 0.29) is 5.97 Å². The van der Waals surface area contributed by atoms with Crippen molar-refractivity contribution in [2.24, 2.45) is 0 Å². The molecule has 158 valence electrons. The lowest BCUT2D eigenvalue weighted by Crippen LogP contribution is -2.28. The second kappa shape index (κ2) is 10.5. The molecule has 1 atom stereocenters. The molecule has 0 spiro atoms. The average Bonchev–Trinajstić information content (AvgIpc) is 3.14. The highest BCUT2D eigenvalue weighted by Crippen LogP contribution is 2.22. The van der Waals surface area contributed by atoms with Gasteiger partial charge in [0.05, 0.1) is 12.2 Å². The Hall–Kier alpha value is -3.19. The van der Waals surface area contributed by atoms with Crippen LogP contribution in [0.4, 0.5) is 0 Å². The largest absolute Gasteiger partial charge is 0.487 e. The summed E-state index contributed by atoms with van der Waals surface area (Å²) in [6.45, 7) is 6.57. The average molecular weight is 410 g/mol. The second-order valence-corrected chi connectivity index (χ2v) is 6.60. The van der Waals surface area contributed by atoms with Gasteiger partial charge in [-0.3, -0.25) is 4.98 Å². The number of hydrogen-bond acceptors (Lipinski definition) is 7. The molecule has 0 aliphatic heterocycles. The number of aryl methyl sites for hydroxylation is 1. The molecule has 7 nitrogen and oxygen atoms in total. The van der Waals surface area contributed by atoms with Crippen LogP contribution in [0.2, 0.25) is 0 Å². The highest BCUT2D eigenvalue weighted by molar-refractivity contribution is 5.75. The van der Waals surface area contributed by atoms with E-state index in [0.29, 0.717) is 43.6 Å². The van der Waals surface area contributed by atoms with Gasteiger partial charge in [-0.1, -0.05) is 12.1 Å². The number of aromatic nitrogens is 2. The Labute approximate surface area is 176 Å². The maximum absolute atomic E-state index is 12.0. The molecular weight excluding hydrogens is 384 g/mol. The number of nitrogens with zero attached hydrogens (tertiary/aromatic N) is 2. The van der Waals surface area contributed by atoms with E-state index in [4.69, 9.17) is 18.6 Å². The molecule has 30 heavy (non-hydrogen) atoms. The van der Waals surface area contributed by atoms with E-state index in [2.05, 4.69) is 9.97 Å². The van der Waals surface area contributed by atoms with Gasteiger partial charge >= 0.3 is 5.97 Å². The summed E-state index contributed by atoms with van der Waals surface area (Å²) in [4.78, 5) is 20.6. The van der Waals surface area contributed by atoms with Gasteiger partial charge in [0.2, 0.25) is 5.89 Å². The first-order valence-electron chi connectivity index (χ1n) is 9.97. The standard InChI is InChI=1S/C23H26N2O5/c1-4-27-21(23(26)28-5-2)13-17-8-10-19(11-9-17)29-15-20-16(3)30-22(25-20)18-7-6-12-24-14-18/h6-12,14,21H,4-5,13,15H2,1-3H3/t21-/m1/s1. The van der Waals surface area contributed by atoms with Gasteiger partial charge in [-0.25, -0.2) is 9.78 Å². The Morgan fingerprint density at radius 1 is 1.13 bits per heavy atom. The molecule has 0 aliphatic carbocycles. The molecule has 0 bridgehead atoms. The van der Waals surface area contributed by atoms with Crippen LogP contribution in [0.15, 0.2) is 53.2 Å². The van der Waals surface area contributed by atoms with Crippen LogP contribution in [0.5, 0.6) is 5.75 Å². The number of oxazole rings is 1. The van der Waals surface area contributed by atoms with E-state index in [0.717, 1.165) is 16.8 Å². The summed E-state index contributed by atoms with van der Waals surface area (Å²) in [6.07, 6.45) is 3.26. The molecule has 7 heteroatoms. The van der Waals surface area contributed by atoms with Crippen LogP contribution in [0, 0.1) is 6.92 Å². The van der Waals surface area contributed by atoms with Gasteiger partial charge < -0.3 is 18.6 Å². The number of carbonyl (C=O) groups is 1. The third-order valence-electron chi connectivity index (χ3n) is 4.44. The maximum Gasteiger partial charge on any atom is 0.335 e. The topological polar surface area (TPSA) is 83.7 Å². The van der Waals surface area contributed by atoms with E-state index < -0.39 is 6.10 Å². The van der Waals surface area contributed by atoms with Crippen molar-refractivity contribution in [3.63, 3.8) is 0 Å². The molecule has 2 heterocycles. The van der Waals surface area contributed by atoms with Crippen molar-refractivity contribution in [1.29, 1.82) is 0 Å². The number of benzene rings is 1. The Kier molecular flexibility index (Phi) is 7.57. The molecule has 0 N–H and O–H groups in total. The maximum atomic E-state index is 12.0. The van der Waals surface area contributed by atoms with E-state index in [9.17, 15) is 4.79 Å². The molecule has 0 saturated heterocycles. The van der Waals surface area contributed by atoms with Crippen LogP contribution in [0.1, 0.15) is 30.9 Å². The van der Waals surface area contributed by atoms with Crippen LogP contribution >= 0.6 is 0 Å². The number of carbonyl (C=O) groups excluding carboxylic acids is 1. The molecule has 0 saturated carbocycles. The zero-order valence-corrected chi connectivity index (χ0v) is 17.5. The molecule has 3 rings (SSSR count). The third kappa shape index (κ3) is 5.67. The number of pyridine rings is 1. The third-order valence-corrected chi connectivity index (χ3v) is 4.44. The second-order valence-electron chi connectivity index (χ2n) is 6.60. The molecule has 0 radical (unpaired) electrons. The SMILES string of the molecule is CCOC(=O)[C@@H](Cc1ccc(OCc2nc(-c3cccnc3)oc2C)cc1)OCC. The van der Waals surface area contributed by atoms with Crippen LogP contribution in [0.3, 0.4) is 0 Å². The normalized spacial score (nSPS) is 11.8. The Bertz CT molecular complexity index is 938. The predicted octanol–water partition coefficient (Wildman–Crippen LogP) is 4.13. The summed E-state index contributed by atoms with van der Waals surface area (Å²) in [5, 5.41) is 0. The lowest BCUT2D eigenvalue weighted by atomic mass is 10.1. The summed E-state index contributed by atoms with van der Waals surface area (Å²) in [7, 11) is 0. The van der Waals surface area contributed by atoms with Gasteiger partial charge in [-0.2, -0.15) is 0 Å². The molecule has 1 aromatic carbocycles. The summed E-state index contributed by atoms with van der Waals surface area (Å²) < 4.78 is 22.2. The Morgan fingerprint density at radius 2 is 1.93 bits per heavy atom. The van der Waals surface area contributed by atoms with Gasteiger partial charge in [-0.05, 0) is 50.6 Å². The van der Waals surface area contributed by atoms with Crippen LogP contribution in [-0.4, -0.2) is 35.3 Å². The Balaban J connectivity index is 1.60. The monoisotopic (exact) mass is 410 g/mol. The van der Waals surface area contributed by atoms with E-state index in [1.54, 1.807) is 19.3 Å². The highest BCUT2D eigenvalue weighted by Gasteiger charge is 2.20. The minimum absolute atomic E-state index is 0.291. The summed E-state index contributed by atoms with van der Waals surface area (Å²) in [5.41, 5.74) is 2.52. The lowest BCUT2D eigenvalue weighted by Gasteiger charge is -2.15. The molecule has 0 amide bonds. The quantitative estimate of drug-likeness (QED) is 0.465. The van der Waals surface area contributed by atoms with E-state index in [1.165, 1.54) is 0 Å². The minimum Gasteiger partial charge on any atom is -0.487 e. The smallest absolute Gasteiger partial charge is 0.335 e. The van der Waals surface area contributed by atoms with Crippen molar-refractivity contribution < 1.29 is 23.4 Å². The number of esters is 1. The fourth-order valence-electron chi connectivity index (χ4n) is 2.91. The van der Waals surface area contributed by atoms with Crippen molar-refractivity contribution in [2.75, 3.05) is 13.2 Å². The van der Waals surface area contributed by atoms with Crippen molar-refractivity contribution in [2.45, 2.75) is 39.9 Å². The summed E-state index contributed by atoms with van der Waals surface area (Å²) in [6, 6.07) is 11.3. The first kappa shape index (κ1) is 21.5. The highest BCUT2D eigenvalue weighted by atomic mass is 16.6. The van der Waals surface area contributed by atoms with Gasteiger partial charge in [0.15, 0.2) is 6.10 Å². The number of rotatable bonds is 10. The number of hydrogen-bond donors (Lipinski definition) is 0. The lowest BCUT2D eigenvalue weighted by molar-refractivity contribution is -0.156. The van der Waals surface area contributed by atoms with E-state index >= 15 is 0 Å². The zero-order valence-electron chi connectivity index (χ0n) is 17.5. The summed E-state index contributed by atoms with van der Waals surface area (Å²) >= 11 is 0. The zero-order chi connectivity index (χ0) is 21.3. The van der Waals surface area contributed by atoms with E-state index in [1.807, 2.05) is 50.2 Å². The van der Waals surface area contributed by atoms with Gasteiger partial charge in [-0.15, -0.1) is 0 Å². The van der Waals surface area contributed by atoms with Gasteiger partial charge in [0, 0.05) is 25.4 Å². The molecule has 0 aliphatic rings. The molecule has 0 fully saturated rings. The predicted molar refractivity (Wildman–Crippen MR) is 111 cm³/mol. The van der Waals surface area contributed by atoms with Gasteiger partial charge in [0.1, 0.15) is 23.8 Å². The first-order chi connectivity index (χ1) is 14.6. The fourth-order valence-corrected chi connectivity index (χ4v) is 2.91. The molecular formula is C23H26N2O5. The van der Waals surface area contributed by atoms with Crippen molar-refractivity contribution in [3.05, 3.63) is 65.8 Å². The van der Waals surface area contributed by atoms with Crippen molar-refractivity contribution >= 4 is 5.97 Å². The van der Waals surface area contributed by atoms with Crippen LogP contribution in [0.25, 0.3) is 11.5 Å². The number of ether oxygens (including phenoxy) is 3. The Morgan fingerprint density at radius 3 is 2.60 bits per heavy atom. The fraction of sp³-hybridized carbons (Fsp3) is 0.348. The van der Waals surface area contributed by atoms with Crippen molar-refractivity contribution in [3.8, 4) is 17.2 Å². The van der Waals surface area contributed by atoms with Crippen LogP contribution < -0.4 is 4.74 Å². The summed E-state index contributed by atoms with van der Waals surface area (Å²) in [5.74, 6) is 1.59. The first-order valence-corrected chi connectivity index (χ1v) is 9.97. The van der Waals surface area contributed by atoms with Crippen LogP contribution in [-0.2, 0) is 27.3 Å². The molecule has 3 aromatic rings. The minimum atomic E-state index is -0.606. The van der Waals surface area contributed by atoms with Crippen molar-refractivity contribution in [1.82, 2.24) is 9.97 Å².